The van der Waals surface area contributed by atoms with Crippen LogP contribution < -0.4 is 5.32 Å². The van der Waals surface area contributed by atoms with Crippen LogP contribution in [-0.4, -0.2) is 35.0 Å². The number of aromatic carboxylic acids is 1. The van der Waals surface area contributed by atoms with E-state index >= 15 is 0 Å². The molecule has 3 aromatic rings. The molecule has 5 heteroatoms. The molecule has 0 amide bonds. The van der Waals surface area contributed by atoms with Crippen molar-refractivity contribution in [2.24, 2.45) is 0 Å². The molecule has 0 unspecified atom stereocenters. The highest BCUT2D eigenvalue weighted by Gasteiger charge is 2.11. The summed E-state index contributed by atoms with van der Waals surface area (Å²) in [7, 11) is 0. The molecule has 0 aromatic heterocycles. The lowest BCUT2D eigenvalue weighted by Gasteiger charge is -2.12. The zero-order valence-corrected chi connectivity index (χ0v) is 17.9. The van der Waals surface area contributed by atoms with Crippen molar-refractivity contribution in [3.63, 3.8) is 0 Å². The zero-order chi connectivity index (χ0) is 21.3. The molecule has 3 N–H and O–H groups in total. The molecule has 0 aliphatic rings. The number of carboxylic acids is 1. The monoisotopic (exact) mass is 421 g/mol. The van der Waals surface area contributed by atoms with Gasteiger partial charge in [-0.15, -0.1) is 11.8 Å². The molecule has 3 aromatic carbocycles. The highest BCUT2D eigenvalue weighted by atomic mass is 32.2. The molecular formula is C25H27NO3S. The highest BCUT2D eigenvalue weighted by molar-refractivity contribution is 7.99. The Bertz CT molecular complexity index is 958. The van der Waals surface area contributed by atoms with Crippen molar-refractivity contribution in [2.75, 3.05) is 18.8 Å². The van der Waals surface area contributed by atoms with E-state index in [0.717, 1.165) is 40.3 Å². The SMILES string of the molecule is CCSc1cc(-c2ccc(CCNC[C@H](O)c3ccccc3)cc2)ccc1C(=O)O. The van der Waals surface area contributed by atoms with Crippen LogP contribution in [0.5, 0.6) is 0 Å². The third kappa shape index (κ3) is 5.95. The molecule has 0 saturated heterocycles. The summed E-state index contributed by atoms with van der Waals surface area (Å²) in [4.78, 5) is 12.2. The first kappa shape index (κ1) is 22.1. The normalized spacial score (nSPS) is 11.9. The van der Waals surface area contributed by atoms with Crippen molar-refractivity contribution in [1.82, 2.24) is 5.32 Å². The molecular weight excluding hydrogens is 394 g/mol. The van der Waals surface area contributed by atoms with Crippen LogP contribution in [0, 0.1) is 0 Å². The van der Waals surface area contributed by atoms with E-state index in [-0.39, 0.29) is 0 Å². The number of thioether (sulfide) groups is 1. The standard InChI is InChI=1S/C25H27NO3S/c1-2-30-24-16-21(12-13-22(24)25(28)29)19-10-8-18(9-11-19)14-15-26-17-23(27)20-6-4-3-5-7-20/h3-13,16,23,26-27H,2,14-15,17H2,1H3,(H,28,29)/t23-/m0/s1. The Labute approximate surface area is 182 Å². The molecule has 0 aliphatic heterocycles. The fourth-order valence-electron chi connectivity index (χ4n) is 3.28. The van der Waals surface area contributed by atoms with Gasteiger partial charge in [-0.05, 0) is 53.1 Å². The number of hydrogen-bond acceptors (Lipinski definition) is 4. The van der Waals surface area contributed by atoms with Gasteiger partial charge in [0, 0.05) is 11.4 Å². The molecule has 0 heterocycles. The first-order valence-electron chi connectivity index (χ1n) is 10.1. The second-order valence-corrected chi connectivity index (χ2v) is 8.33. The molecule has 4 nitrogen and oxygen atoms in total. The maximum atomic E-state index is 11.4. The van der Waals surface area contributed by atoms with E-state index in [1.807, 2.05) is 49.4 Å². The van der Waals surface area contributed by atoms with E-state index < -0.39 is 12.1 Å². The maximum absolute atomic E-state index is 11.4. The van der Waals surface area contributed by atoms with E-state index in [0.29, 0.717) is 12.1 Å². The number of carbonyl (C=O) groups is 1. The lowest BCUT2D eigenvalue weighted by molar-refractivity contribution is 0.0693. The number of aliphatic hydroxyl groups is 1. The van der Waals surface area contributed by atoms with E-state index in [2.05, 4.69) is 29.6 Å². The summed E-state index contributed by atoms with van der Waals surface area (Å²) in [5.41, 5.74) is 4.58. The molecule has 1 atom stereocenters. The summed E-state index contributed by atoms with van der Waals surface area (Å²) in [6.45, 7) is 3.33. The van der Waals surface area contributed by atoms with Crippen molar-refractivity contribution in [2.45, 2.75) is 24.3 Å². The van der Waals surface area contributed by atoms with Crippen LogP contribution in [0.25, 0.3) is 11.1 Å². The number of rotatable bonds is 10. The van der Waals surface area contributed by atoms with E-state index in [1.165, 1.54) is 5.56 Å². The maximum Gasteiger partial charge on any atom is 0.336 e. The third-order valence-electron chi connectivity index (χ3n) is 4.91. The molecule has 156 valence electrons. The number of aliphatic hydroxyl groups excluding tert-OH is 1. The first-order chi connectivity index (χ1) is 14.6. The summed E-state index contributed by atoms with van der Waals surface area (Å²) >= 11 is 1.55. The van der Waals surface area contributed by atoms with Gasteiger partial charge in [-0.25, -0.2) is 4.79 Å². The Morgan fingerprint density at radius 2 is 1.70 bits per heavy atom. The quantitative estimate of drug-likeness (QED) is 0.316. The fraction of sp³-hybridized carbons (Fsp3) is 0.240. The Balaban J connectivity index is 1.56. The molecule has 0 bridgehead atoms. The van der Waals surface area contributed by atoms with Gasteiger partial charge >= 0.3 is 5.97 Å². The minimum Gasteiger partial charge on any atom is -0.478 e. The molecule has 0 saturated carbocycles. The summed E-state index contributed by atoms with van der Waals surface area (Å²) in [6, 6.07) is 23.5. The minimum atomic E-state index is -0.891. The largest absolute Gasteiger partial charge is 0.478 e. The highest BCUT2D eigenvalue weighted by Crippen LogP contribution is 2.29. The van der Waals surface area contributed by atoms with Crippen LogP contribution in [0.1, 0.15) is 34.5 Å². The van der Waals surface area contributed by atoms with Crippen molar-refractivity contribution < 1.29 is 15.0 Å². The molecule has 30 heavy (non-hydrogen) atoms. The lowest BCUT2D eigenvalue weighted by atomic mass is 10.0. The van der Waals surface area contributed by atoms with Crippen molar-refractivity contribution in [1.29, 1.82) is 0 Å². The number of hydrogen-bond donors (Lipinski definition) is 3. The molecule has 0 radical (unpaired) electrons. The van der Waals surface area contributed by atoms with Gasteiger partial charge in [0.05, 0.1) is 11.7 Å². The predicted molar refractivity (Wildman–Crippen MR) is 123 cm³/mol. The van der Waals surface area contributed by atoms with Gasteiger partial charge < -0.3 is 15.5 Å². The van der Waals surface area contributed by atoms with Crippen molar-refractivity contribution in [3.8, 4) is 11.1 Å². The summed E-state index contributed by atoms with van der Waals surface area (Å²) in [6.07, 6.45) is 0.369. The van der Waals surface area contributed by atoms with E-state index in [9.17, 15) is 15.0 Å². The molecule has 0 aliphatic carbocycles. The first-order valence-corrected chi connectivity index (χ1v) is 11.1. The van der Waals surface area contributed by atoms with Gasteiger partial charge in [-0.2, -0.15) is 0 Å². The van der Waals surface area contributed by atoms with Crippen LogP contribution in [0.15, 0.2) is 77.7 Å². The Morgan fingerprint density at radius 1 is 1.00 bits per heavy atom. The van der Waals surface area contributed by atoms with E-state index in [1.54, 1.807) is 17.8 Å². The number of carboxylic acid groups (broad SMARTS) is 1. The van der Waals surface area contributed by atoms with Gasteiger partial charge in [0.1, 0.15) is 0 Å². The van der Waals surface area contributed by atoms with E-state index in [4.69, 9.17) is 0 Å². The summed E-state index contributed by atoms with van der Waals surface area (Å²) < 4.78 is 0. The van der Waals surface area contributed by atoms with Gasteiger partial charge in [0.15, 0.2) is 0 Å². The average Bonchev–Trinajstić information content (AvgIpc) is 2.77. The van der Waals surface area contributed by atoms with Crippen molar-refractivity contribution in [3.05, 3.63) is 89.5 Å². The topological polar surface area (TPSA) is 69.6 Å². The molecule has 0 fully saturated rings. The van der Waals surface area contributed by atoms with Gasteiger partial charge in [-0.3, -0.25) is 0 Å². The smallest absolute Gasteiger partial charge is 0.336 e. The van der Waals surface area contributed by atoms with Crippen LogP contribution in [0.4, 0.5) is 0 Å². The van der Waals surface area contributed by atoms with Gasteiger partial charge in [0.25, 0.3) is 0 Å². The average molecular weight is 422 g/mol. The summed E-state index contributed by atoms with van der Waals surface area (Å²) in [5, 5.41) is 22.9. The lowest BCUT2D eigenvalue weighted by Crippen LogP contribution is -2.23. The van der Waals surface area contributed by atoms with Crippen LogP contribution >= 0.6 is 11.8 Å². The van der Waals surface area contributed by atoms with Gasteiger partial charge in [-0.1, -0.05) is 67.6 Å². The molecule has 0 spiro atoms. The Kier molecular flexibility index (Phi) is 8.08. The van der Waals surface area contributed by atoms with Crippen LogP contribution in [-0.2, 0) is 6.42 Å². The molecule has 3 rings (SSSR count). The van der Waals surface area contributed by atoms with Gasteiger partial charge in [0.2, 0.25) is 0 Å². The predicted octanol–water partition coefficient (Wildman–Crippen LogP) is 5.03. The second-order valence-electron chi connectivity index (χ2n) is 7.03. The Hall–Kier alpha value is -2.60. The fourth-order valence-corrected chi connectivity index (χ4v) is 4.11. The third-order valence-corrected chi connectivity index (χ3v) is 5.85. The summed E-state index contributed by atoms with van der Waals surface area (Å²) in [5.74, 6) is -0.0630. The Morgan fingerprint density at radius 3 is 2.37 bits per heavy atom. The van der Waals surface area contributed by atoms with Crippen LogP contribution in [0.3, 0.4) is 0 Å². The number of benzene rings is 3. The minimum absolute atomic E-state index is 0.353. The van der Waals surface area contributed by atoms with Crippen LogP contribution in [0.2, 0.25) is 0 Å². The zero-order valence-electron chi connectivity index (χ0n) is 17.0. The van der Waals surface area contributed by atoms with Crippen molar-refractivity contribution >= 4 is 17.7 Å². The second kappa shape index (κ2) is 11.0. The number of nitrogens with one attached hydrogen (secondary N) is 1.